The number of carbonyl (C=O) groups excluding carboxylic acids is 1. The van der Waals surface area contributed by atoms with Gasteiger partial charge in [-0.15, -0.1) is 0 Å². The van der Waals surface area contributed by atoms with Crippen molar-refractivity contribution < 1.29 is 14.3 Å². The van der Waals surface area contributed by atoms with Gasteiger partial charge in [-0.2, -0.15) is 0 Å². The van der Waals surface area contributed by atoms with Crippen LogP contribution in [0.3, 0.4) is 0 Å². The number of aromatic nitrogens is 2. The molecule has 168 valence electrons. The molecule has 0 aliphatic heterocycles. The highest BCUT2D eigenvalue weighted by molar-refractivity contribution is 6.31. The number of halogens is 2. The van der Waals surface area contributed by atoms with E-state index in [9.17, 15) is 14.3 Å². The molecule has 0 spiro atoms. The molecule has 1 saturated carbocycles. The number of aliphatic hydroxyl groups is 1. The van der Waals surface area contributed by atoms with Crippen molar-refractivity contribution in [2.24, 2.45) is 5.73 Å². The Morgan fingerprint density at radius 2 is 2.03 bits per heavy atom. The van der Waals surface area contributed by atoms with Crippen LogP contribution in [0.25, 0.3) is 11.3 Å². The molecule has 0 saturated heterocycles. The minimum absolute atomic E-state index is 0.157. The highest BCUT2D eigenvalue weighted by Crippen LogP contribution is 2.55. The Labute approximate surface area is 196 Å². The van der Waals surface area contributed by atoms with E-state index < -0.39 is 17.3 Å². The van der Waals surface area contributed by atoms with Crippen LogP contribution in [-0.4, -0.2) is 26.2 Å². The van der Waals surface area contributed by atoms with Crippen LogP contribution < -0.4 is 5.73 Å². The molecule has 2 aromatic carbocycles. The van der Waals surface area contributed by atoms with Crippen molar-refractivity contribution in [1.82, 2.24) is 9.55 Å². The zero-order valence-corrected chi connectivity index (χ0v) is 19.1. The number of nitrogens with two attached hydrogens (primary N) is 1. The average molecular weight is 464 g/mol. The highest BCUT2D eigenvalue weighted by Gasteiger charge is 2.42. The summed E-state index contributed by atoms with van der Waals surface area (Å²) in [4.78, 5) is 17.0. The van der Waals surface area contributed by atoms with Crippen LogP contribution in [0.1, 0.15) is 71.5 Å². The van der Waals surface area contributed by atoms with Crippen molar-refractivity contribution in [3.8, 4) is 23.1 Å². The third-order valence-corrected chi connectivity index (χ3v) is 6.74. The summed E-state index contributed by atoms with van der Waals surface area (Å²) in [5.74, 6) is 4.94. The summed E-state index contributed by atoms with van der Waals surface area (Å²) in [5, 5.41) is 10.5. The molecule has 3 N–H and O–H groups in total. The van der Waals surface area contributed by atoms with Crippen molar-refractivity contribution in [2.75, 3.05) is 0 Å². The van der Waals surface area contributed by atoms with Crippen molar-refractivity contribution >= 4 is 17.5 Å². The first-order valence-electron chi connectivity index (χ1n) is 10.9. The standard InChI is InChI=1S/C26H23ClFN3O2/c1-26(2,33)8-7-14-11-19-18(12-21(14)28)16-9-17(10-16)23-22(19)30-25(24(29)32)31(23)13-15-5-3-4-6-20(15)27/h3-6,11-12,16-17,33H,9-10,13H2,1-2H3,(H2,29,32). The van der Waals surface area contributed by atoms with Gasteiger partial charge in [-0.25, -0.2) is 9.37 Å². The Kier molecular flexibility index (Phi) is 5.08. The maximum atomic E-state index is 14.9. The molecule has 0 unspecified atom stereocenters. The number of hydrogen-bond donors (Lipinski definition) is 2. The largest absolute Gasteiger partial charge is 0.378 e. The van der Waals surface area contributed by atoms with E-state index in [1.165, 1.54) is 6.07 Å². The molecule has 6 rings (SSSR count). The van der Waals surface area contributed by atoms with E-state index in [4.69, 9.17) is 17.3 Å². The molecule has 1 amide bonds. The number of amides is 1. The van der Waals surface area contributed by atoms with Crippen LogP contribution in [0.2, 0.25) is 5.02 Å². The predicted molar refractivity (Wildman–Crippen MR) is 125 cm³/mol. The van der Waals surface area contributed by atoms with Crippen LogP contribution >= 0.6 is 11.6 Å². The Morgan fingerprint density at radius 1 is 1.30 bits per heavy atom. The first kappa shape index (κ1) is 21.7. The Hall–Kier alpha value is -3.14. The lowest BCUT2D eigenvalue weighted by Crippen LogP contribution is -2.24. The summed E-state index contributed by atoms with van der Waals surface area (Å²) < 4.78 is 16.8. The molecule has 33 heavy (non-hydrogen) atoms. The van der Waals surface area contributed by atoms with Crippen LogP contribution in [0.5, 0.6) is 0 Å². The summed E-state index contributed by atoms with van der Waals surface area (Å²) in [5.41, 5.74) is 8.71. The van der Waals surface area contributed by atoms with E-state index in [0.717, 1.165) is 35.2 Å². The average Bonchev–Trinajstić information content (AvgIpc) is 2.94. The van der Waals surface area contributed by atoms with Gasteiger partial charge in [-0.3, -0.25) is 4.79 Å². The molecule has 7 heteroatoms. The van der Waals surface area contributed by atoms with Crippen molar-refractivity contribution in [3.05, 3.63) is 75.4 Å². The molecule has 1 heterocycles. The molecule has 0 radical (unpaired) electrons. The second-order valence-electron chi connectivity index (χ2n) is 9.30. The summed E-state index contributed by atoms with van der Waals surface area (Å²) in [6, 6.07) is 10.7. The van der Waals surface area contributed by atoms with Gasteiger partial charge in [0, 0.05) is 22.2 Å². The molecule has 1 aromatic heterocycles. The van der Waals surface area contributed by atoms with Gasteiger partial charge in [0.1, 0.15) is 11.4 Å². The van der Waals surface area contributed by atoms with Gasteiger partial charge >= 0.3 is 0 Å². The Bertz CT molecular complexity index is 1350. The maximum Gasteiger partial charge on any atom is 0.284 e. The van der Waals surface area contributed by atoms with Crippen LogP contribution in [0, 0.1) is 17.7 Å². The van der Waals surface area contributed by atoms with E-state index in [0.29, 0.717) is 17.3 Å². The second kappa shape index (κ2) is 7.72. The lowest BCUT2D eigenvalue weighted by Gasteiger charge is -2.34. The van der Waals surface area contributed by atoms with Gasteiger partial charge in [0.05, 0.1) is 17.8 Å². The SMILES string of the molecule is CC(C)(O)C#Cc1cc2c(cc1F)C1CC(C1)c1c-2nc(C(N)=O)n1Cc1ccccc1Cl. The van der Waals surface area contributed by atoms with Gasteiger partial charge in [0.2, 0.25) is 0 Å². The second-order valence-corrected chi connectivity index (χ2v) is 9.71. The van der Waals surface area contributed by atoms with Gasteiger partial charge in [-0.1, -0.05) is 41.6 Å². The highest BCUT2D eigenvalue weighted by atomic mass is 35.5. The van der Waals surface area contributed by atoms with Gasteiger partial charge in [0.15, 0.2) is 5.82 Å². The van der Waals surface area contributed by atoms with Crippen LogP contribution in [0.15, 0.2) is 36.4 Å². The van der Waals surface area contributed by atoms with Gasteiger partial charge in [-0.05, 0) is 61.9 Å². The fourth-order valence-corrected chi connectivity index (χ4v) is 4.96. The minimum atomic E-state index is -1.25. The number of imidazole rings is 1. The number of carbonyl (C=O) groups is 1. The minimum Gasteiger partial charge on any atom is -0.378 e. The number of hydrogen-bond acceptors (Lipinski definition) is 3. The smallest absolute Gasteiger partial charge is 0.284 e. The summed E-state index contributed by atoms with van der Waals surface area (Å²) in [6.45, 7) is 3.46. The van der Waals surface area contributed by atoms with Gasteiger partial charge in [0.25, 0.3) is 5.91 Å². The Morgan fingerprint density at radius 3 is 2.70 bits per heavy atom. The Balaban J connectivity index is 1.71. The van der Waals surface area contributed by atoms with Crippen molar-refractivity contribution in [2.45, 2.75) is 50.7 Å². The van der Waals surface area contributed by atoms with E-state index in [-0.39, 0.29) is 23.2 Å². The molecule has 1 fully saturated rings. The number of rotatable bonds is 3. The number of benzene rings is 2. The molecule has 0 atom stereocenters. The van der Waals surface area contributed by atoms with Crippen LogP contribution in [0.4, 0.5) is 4.39 Å². The van der Waals surface area contributed by atoms with Crippen molar-refractivity contribution in [3.63, 3.8) is 0 Å². The summed E-state index contributed by atoms with van der Waals surface area (Å²) in [6.07, 6.45) is 1.70. The van der Waals surface area contributed by atoms with Crippen LogP contribution in [-0.2, 0) is 6.54 Å². The number of nitrogens with zero attached hydrogens (tertiary/aromatic N) is 2. The summed E-state index contributed by atoms with van der Waals surface area (Å²) >= 11 is 6.40. The van der Waals surface area contributed by atoms with E-state index >= 15 is 0 Å². The normalized spacial score (nSPS) is 18.3. The first-order valence-corrected chi connectivity index (χ1v) is 11.2. The summed E-state index contributed by atoms with van der Waals surface area (Å²) in [7, 11) is 0. The van der Waals surface area contributed by atoms with Gasteiger partial charge < -0.3 is 15.4 Å². The molecule has 5 nitrogen and oxygen atoms in total. The lowest BCUT2D eigenvalue weighted by molar-refractivity contribution is 0.0986. The number of primary amides is 1. The monoisotopic (exact) mass is 463 g/mol. The first-order chi connectivity index (χ1) is 15.6. The van der Waals surface area contributed by atoms with E-state index in [2.05, 4.69) is 16.8 Å². The third-order valence-electron chi connectivity index (χ3n) is 6.38. The maximum absolute atomic E-state index is 14.9. The van der Waals surface area contributed by atoms with E-state index in [1.54, 1.807) is 19.9 Å². The fraction of sp³-hybridized carbons (Fsp3) is 0.308. The molecule has 3 aromatic rings. The topological polar surface area (TPSA) is 81.1 Å². The molecule has 3 aliphatic carbocycles. The zero-order valence-electron chi connectivity index (χ0n) is 18.3. The van der Waals surface area contributed by atoms with Crippen molar-refractivity contribution in [1.29, 1.82) is 0 Å². The third kappa shape index (κ3) is 3.82. The molecular weight excluding hydrogens is 441 g/mol. The van der Waals surface area contributed by atoms with E-state index in [1.807, 2.05) is 28.8 Å². The molecule has 2 bridgehead atoms. The molecular formula is C26H23ClFN3O2. The fourth-order valence-electron chi connectivity index (χ4n) is 4.77. The predicted octanol–water partition coefficient (Wildman–Crippen LogP) is 4.59. The zero-order chi connectivity index (χ0) is 23.5. The molecule has 3 aliphatic rings. The quantitative estimate of drug-likeness (QED) is 0.557. The lowest BCUT2D eigenvalue weighted by atomic mass is 9.71.